The van der Waals surface area contributed by atoms with E-state index in [0.29, 0.717) is 23.1 Å². The number of halogens is 1. The van der Waals surface area contributed by atoms with Gasteiger partial charge in [-0.2, -0.15) is 0 Å². The van der Waals surface area contributed by atoms with Crippen LogP contribution < -0.4 is 10.2 Å². The van der Waals surface area contributed by atoms with Crippen molar-refractivity contribution in [3.8, 4) is 0 Å². The Kier molecular flexibility index (Phi) is 5.26. The molecule has 0 aliphatic heterocycles. The van der Waals surface area contributed by atoms with Crippen molar-refractivity contribution in [1.29, 1.82) is 0 Å². The predicted molar refractivity (Wildman–Crippen MR) is 100.0 cm³/mol. The van der Waals surface area contributed by atoms with Gasteiger partial charge in [0.2, 0.25) is 0 Å². The average Bonchev–Trinajstić information content (AvgIpc) is 2.62. The maximum absolute atomic E-state index is 12.4. The molecule has 0 unspecified atom stereocenters. The molecule has 0 fully saturated rings. The number of benzene rings is 2. The smallest absolute Gasteiger partial charge is 0.274 e. The van der Waals surface area contributed by atoms with Crippen molar-refractivity contribution in [2.75, 3.05) is 17.3 Å². The lowest BCUT2D eigenvalue weighted by atomic mass is 10.2. The van der Waals surface area contributed by atoms with E-state index in [1.165, 1.54) is 6.33 Å². The molecule has 6 heteroatoms. The van der Waals surface area contributed by atoms with E-state index < -0.39 is 0 Å². The van der Waals surface area contributed by atoms with Gasteiger partial charge in [-0.1, -0.05) is 41.9 Å². The van der Waals surface area contributed by atoms with E-state index in [4.69, 9.17) is 11.6 Å². The summed E-state index contributed by atoms with van der Waals surface area (Å²) in [6.07, 6.45) is 1.39. The highest BCUT2D eigenvalue weighted by Gasteiger charge is 2.11. The van der Waals surface area contributed by atoms with E-state index in [0.717, 1.165) is 11.3 Å². The summed E-state index contributed by atoms with van der Waals surface area (Å²) in [7, 11) is 1.90. The summed E-state index contributed by atoms with van der Waals surface area (Å²) in [5, 5.41) is 3.51. The van der Waals surface area contributed by atoms with E-state index in [9.17, 15) is 4.79 Å². The topological polar surface area (TPSA) is 58.1 Å². The maximum atomic E-state index is 12.4. The van der Waals surface area contributed by atoms with E-state index in [1.54, 1.807) is 6.07 Å². The van der Waals surface area contributed by atoms with Gasteiger partial charge in [-0.05, 0) is 29.8 Å². The standard InChI is InChI=1S/C19H17ClN4O/c1-24(12-14-6-5-7-15(20)10-14)18-11-17(21-13-22-18)19(25)23-16-8-3-2-4-9-16/h2-11,13H,12H2,1H3,(H,23,25). The molecule has 126 valence electrons. The Balaban J connectivity index is 1.73. The summed E-state index contributed by atoms with van der Waals surface area (Å²) in [5.74, 6) is 0.388. The lowest BCUT2D eigenvalue weighted by Crippen LogP contribution is -2.20. The Bertz CT molecular complexity index is 870. The van der Waals surface area contributed by atoms with Crippen LogP contribution in [0, 0.1) is 0 Å². The molecule has 0 aliphatic rings. The molecule has 0 atom stereocenters. The number of aromatic nitrogens is 2. The third kappa shape index (κ3) is 4.55. The van der Waals surface area contributed by atoms with Crippen LogP contribution >= 0.6 is 11.6 Å². The van der Waals surface area contributed by atoms with Gasteiger partial charge in [-0.3, -0.25) is 4.79 Å². The van der Waals surface area contributed by atoms with Gasteiger partial charge >= 0.3 is 0 Å². The minimum absolute atomic E-state index is 0.272. The molecule has 0 bridgehead atoms. The molecule has 0 saturated carbocycles. The van der Waals surface area contributed by atoms with Gasteiger partial charge in [0.15, 0.2) is 0 Å². The highest BCUT2D eigenvalue weighted by molar-refractivity contribution is 6.30. The summed E-state index contributed by atoms with van der Waals surface area (Å²) in [5.41, 5.74) is 2.09. The number of amides is 1. The molecule has 0 radical (unpaired) electrons. The molecule has 5 nitrogen and oxygen atoms in total. The second-order valence-electron chi connectivity index (χ2n) is 5.57. The van der Waals surface area contributed by atoms with Crippen molar-refractivity contribution in [3.63, 3.8) is 0 Å². The number of carbonyl (C=O) groups excluding carboxylic acids is 1. The molecular formula is C19H17ClN4O. The van der Waals surface area contributed by atoms with E-state index in [1.807, 2.05) is 66.5 Å². The van der Waals surface area contributed by atoms with E-state index in [-0.39, 0.29) is 5.91 Å². The minimum atomic E-state index is -0.272. The first kappa shape index (κ1) is 16.9. The zero-order chi connectivity index (χ0) is 17.6. The van der Waals surface area contributed by atoms with Gasteiger partial charge in [-0.25, -0.2) is 9.97 Å². The Morgan fingerprint density at radius 1 is 1.08 bits per heavy atom. The Labute approximate surface area is 151 Å². The molecule has 0 saturated heterocycles. The number of carbonyl (C=O) groups is 1. The van der Waals surface area contributed by atoms with Crippen LogP contribution in [-0.4, -0.2) is 22.9 Å². The van der Waals surface area contributed by atoms with Crippen molar-refractivity contribution >= 4 is 29.0 Å². The Hall–Kier alpha value is -2.92. The number of hydrogen-bond donors (Lipinski definition) is 1. The van der Waals surface area contributed by atoms with Crippen molar-refractivity contribution in [2.45, 2.75) is 6.54 Å². The molecule has 2 aromatic carbocycles. The van der Waals surface area contributed by atoms with Gasteiger partial charge < -0.3 is 10.2 Å². The number of rotatable bonds is 5. The lowest BCUT2D eigenvalue weighted by molar-refractivity contribution is 0.102. The number of para-hydroxylation sites is 1. The van der Waals surface area contributed by atoms with E-state index in [2.05, 4.69) is 15.3 Å². The monoisotopic (exact) mass is 352 g/mol. The molecule has 3 aromatic rings. The third-order valence-electron chi connectivity index (χ3n) is 3.62. The molecular weight excluding hydrogens is 336 g/mol. The fourth-order valence-electron chi connectivity index (χ4n) is 2.39. The van der Waals surface area contributed by atoms with Gasteiger partial charge in [-0.15, -0.1) is 0 Å². The Morgan fingerprint density at radius 2 is 1.88 bits per heavy atom. The SMILES string of the molecule is CN(Cc1cccc(Cl)c1)c1cc(C(=O)Nc2ccccc2)ncn1. The van der Waals surface area contributed by atoms with Crippen LogP contribution in [0.3, 0.4) is 0 Å². The van der Waals surface area contributed by atoms with Crippen LogP contribution in [0.25, 0.3) is 0 Å². The predicted octanol–water partition coefficient (Wildman–Crippen LogP) is 4.02. The Morgan fingerprint density at radius 3 is 2.64 bits per heavy atom. The molecule has 0 aliphatic carbocycles. The molecule has 1 amide bonds. The van der Waals surface area contributed by atoms with Crippen LogP contribution in [0.5, 0.6) is 0 Å². The van der Waals surface area contributed by atoms with Crippen molar-refractivity contribution in [1.82, 2.24) is 9.97 Å². The highest BCUT2D eigenvalue weighted by atomic mass is 35.5. The first-order chi connectivity index (χ1) is 12.1. The molecule has 1 N–H and O–H groups in total. The lowest BCUT2D eigenvalue weighted by Gasteiger charge is -2.18. The molecule has 25 heavy (non-hydrogen) atoms. The molecule has 1 heterocycles. The first-order valence-electron chi connectivity index (χ1n) is 7.76. The second-order valence-corrected chi connectivity index (χ2v) is 6.00. The summed E-state index contributed by atoms with van der Waals surface area (Å²) >= 11 is 6.02. The summed E-state index contributed by atoms with van der Waals surface area (Å²) < 4.78 is 0. The van der Waals surface area contributed by atoms with Crippen LogP contribution in [0.2, 0.25) is 5.02 Å². The number of anilines is 2. The molecule has 0 spiro atoms. The van der Waals surface area contributed by atoms with Crippen molar-refractivity contribution in [2.24, 2.45) is 0 Å². The summed E-state index contributed by atoms with van der Waals surface area (Å²) in [4.78, 5) is 22.6. The van der Waals surface area contributed by atoms with Crippen LogP contribution in [0.1, 0.15) is 16.1 Å². The zero-order valence-electron chi connectivity index (χ0n) is 13.7. The minimum Gasteiger partial charge on any atom is -0.355 e. The van der Waals surface area contributed by atoms with Gasteiger partial charge in [0.25, 0.3) is 5.91 Å². The number of hydrogen-bond acceptors (Lipinski definition) is 4. The van der Waals surface area contributed by atoms with Crippen molar-refractivity contribution in [3.05, 3.63) is 83.3 Å². The molecule has 3 rings (SSSR count). The maximum Gasteiger partial charge on any atom is 0.274 e. The zero-order valence-corrected chi connectivity index (χ0v) is 14.4. The number of nitrogens with zero attached hydrogens (tertiary/aromatic N) is 3. The number of nitrogens with one attached hydrogen (secondary N) is 1. The largest absolute Gasteiger partial charge is 0.355 e. The van der Waals surface area contributed by atoms with Crippen LogP contribution in [-0.2, 0) is 6.54 Å². The van der Waals surface area contributed by atoms with Gasteiger partial charge in [0.05, 0.1) is 0 Å². The normalized spacial score (nSPS) is 10.3. The molecule has 1 aromatic heterocycles. The van der Waals surface area contributed by atoms with Gasteiger partial charge in [0, 0.05) is 30.4 Å². The average molecular weight is 353 g/mol. The first-order valence-corrected chi connectivity index (χ1v) is 8.13. The quantitative estimate of drug-likeness (QED) is 0.753. The highest BCUT2D eigenvalue weighted by Crippen LogP contribution is 2.17. The van der Waals surface area contributed by atoms with Crippen LogP contribution in [0.4, 0.5) is 11.5 Å². The summed E-state index contributed by atoms with van der Waals surface area (Å²) in [6, 6.07) is 18.6. The van der Waals surface area contributed by atoms with Crippen molar-refractivity contribution < 1.29 is 4.79 Å². The fraction of sp³-hybridized carbons (Fsp3) is 0.105. The third-order valence-corrected chi connectivity index (χ3v) is 3.85. The van der Waals surface area contributed by atoms with E-state index >= 15 is 0 Å². The van der Waals surface area contributed by atoms with Gasteiger partial charge in [0.1, 0.15) is 17.8 Å². The van der Waals surface area contributed by atoms with Crippen LogP contribution in [0.15, 0.2) is 67.0 Å². The fourth-order valence-corrected chi connectivity index (χ4v) is 2.60. The second kappa shape index (κ2) is 7.77. The summed E-state index contributed by atoms with van der Waals surface area (Å²) in [6.45, 7) is 0.622.